The van der Waals surface area contributed by atoms with Crippen molar-refractivity contribution in [3.63, 3.8) is 0 Å². The summed E-state index contributed by atoms with van der Waals surface area (Å²) in [6.45, 7) is 0. The quantitative estimate of drug-likeness (QED) is 0.159. The number of nitrogens with zero attached hydrogens (tertiary/aromatic N) is 2. The Morgan fingerprint density at radius 3 is 0.700 bits per heavy atom. The summed E-state index contributed by atoms with van der Waals surface area (Å²) in [7, 11) is 0. The van der Waals surface area contributed by atoms with Crippen LogP contribution in [0.4, 0.5) is 34.1 Å². The summed E-state index contributed by atoms with van der Waals surface area (Å²) in [5.41, 5.74) is 42.1. The summed E-state index contributed by atoms with van der Waals surface area (Å²) < 4.78 is 13.4. The molecule has 0 fully saturated rings. The van der Waals surface area contributed by atoms with Gasteiger partial charge in [0.25, 0.3) is 0 Å². The topological polar surface area (TPSA) is 24.9 Å². The van der Waals surface area contributed by atoms with E-state index in [1.165, 1.54) is 128 Å². The molecule has 4 aliphatic carbocycles. The van der Waals surface area contributed by atoms with Crippen LogP contribution in [0.25, 0.3) is 122 Å². The highest BCUT2D eigenvalue weighted by atomic mass is 16.5. The lowest BCUT2D eigenvalue weighted by Crippen LogP contribution is -2.29. The van der Waals surface area contributed by atoms with Crippen LogP contribution in [0.1, 0.15) is 44.5 Å². The zero-order valence-electron chi connectivity index (χ0n) is 65.4. The molecule has 4 nitrogen and oxygen atoms in total. The van der Waals surface area contributed by atoms with Gasteiger partial charge < -0.3 is 19.3 Å². The van der Waals surface area contributed by atoms with Crippen LogP contribution in [0.3, 0.4) is 0 Å². The van der Waals surface area contributed by atoms with Crippen LogP contribution in [0, 0.1) is 0 Å². The maximum atomic E-state index is 6.75. The first kappa shape index (κ1) is 68.8. The summed E-state index contributed by atoms with van der Waals surface area (Å²) in [5.74, 6) is 3.41. The standard InChI is InChI=1S/C61H39NO.C55H35NO/c1-2-16-40(17-3-1)41-30-32-42(33-31-41)62(43-35-37-60-54(38-43)48-21-7-6-20-47(48)53-25-11-15-29-59(53)63-60)44-34-36-52-51-24-10-14-28-57(51)61(58(52)39-44)55-26-12-8-22-49(55)45-18-4-5-19-46(45)50-23-9-13-27-56(50)61;1-2-16-36(17-3-1)56(37-31-33-54-48(34-37)42-21-7-6-20-41(42)47-25-11-15-29-53(47)57-54)38-30-32-46-45-24-10-14-28-51(45)55(52(46)35-38)49-26-12-8-22-43(49)39-18-4-5-19-40(39)44-23-9-13-27-50(44)55/h1-39H;1-35H. The molecule has 19 aromatic carbocycles. The summed E-state index contributed by atoms with van der Waals surface area (Å²) in [4.78, 5) is 4.83. The van der Waals surface area contributed by atoms with Crippen LogP contribution >= 0.6 is 0 Å². The molecule has 6 aliphatic rings. The molecule has 0 aromatic heterocycles. The molecule has 0 atom stereocenters. The van der Waals surface area contributed by atoms with E-state index in [1.807, 2.05) is 12.1 Å². The third kappa shape index (κ3) is 10.4. The molecule has 0 bridgehead atoms. The fraction of sp³-hybridized carbons (Fsp3) is 0.0172. The molecule has 0 amide bonds. The summed E-state index contributed by atoms with van der Waals surface area (Å²) in [6, 6.07) is 164. The van der Waals surface area contributed by atoms with Gasteiger partial charge in [-0.25, -0.2) is 0 Å². The third-order valence-corrected chi connectivity index (χ3v) is 25.8. The Morgan fingerprint density at radius 2 is 0.350 bits per heavy atom. The molecule has 0 saturated heterocycles. The molecule has 0 radical (unpaired) electrons. The van der Waals surface area contributed by atoms with Gasteiger partial charge in [-0.1, -0.05) is 352 Å². The van der Waals surface area contributed by atoms with E-state index in [0.717, 1.165) is 96.1 Å². The Hall–Kier alpha value is -15.6. The highest BCUT2D eigenvalue weighted by molar-refractivity contribution is 6.03. The van der Waals surface area contributed by atoms with Gasteiger partial charge in [-0.05, 0) is 242 Å². The summed E-state index contributed by atoms with van der Waals surface area (Å²) >= 11 is 0. The second-order valence-electron chi connectivity index (χ2n) is 31.9. The maximum absolute atomic E-state index is 6.75. The Bertz CT molecular complexity index is 7250. The average molecular weight is 1530 g/mol. The maximum Gasteiger partial charge on any atom is 0.135 e. The van der Waals surface area contributed by atoms with Crippen LogP contribution in [0.15, 0.2) is 449 Å². The van der Waals surface area contributed by atoms with Gasteiger partial charge in [0, 0.05) is 56.4 Å². The third-order valence-electron chi connectivity index (χ3n) is 25.8. The number of hydrogen-bond acceptors (Lipinski definition) is 4. The number of rotatable bonds is 7. The predicted octanol–water partition coefficient (Wildman–Crippen LogP) is 30.9. The van der Waals surface area contributed by atoms with Crippen molar-refractivity contribution >= 4 is 34.1 Å². The van der Waals surface area contributed by atoms with E-state index in [0.29, 0.717) is 0 Å². The lowest BCUT2D eigenvalue weighted by atomic mass is 9.66. The van der Waals surface area contributed by atoms with Crippen LogP contribution in [-0.4, -0.2) is 0 Å². The molecule has 25 rings (SSSR count). The molecular formula is C116H74N2O2. The Balaban J connectivity index is 0.000000137. The van der Waals surface area contributed by atoms with Crippen molar-refractivity contribution < 1.29 is 9.47 Å². The molecule has 19 aromatic rings. The molecule has 4 heteroatoms. The van der Waals surface area contributed by atoms with E-state index in [-0.39, 0.29) is 0 Å². The highest BCUT2D eigenvalue weighted by Crippen LogP contribution is 2.65. The van der Waals surface area contributed by atoms with Crippen molar-refractivity contribution in [1.82, 2.24) is 0 Å². The molecule has 2 aliphatic heterocycles. The fourth-order valence-corrected chi connectivity index (χ4v) is 20.9. The van der Waals surface area contributed by atoms with E-state index in [9.17, 15) is 0 Å². The first-order chi connectivity index (χ1) is 59.5. The van der Waals surface area contributed by atoms with Crippen molar-refractivity contribution in [2.24, 2.45) is 0 Å². The van der Waals surface area contributed by atoms with Crippen molar-refractivity contribution in [2.45, 2.75) is 10.8 Å². The SMILES string of the molecule is c1ccc(-c2ccc(N(c3ccc4c(c3)-c3ccccc3-c3ccccc3O4)c3ccc4c(c3)C3(c5ccccc5-c5ccccc5-c5ccccc53)c3ccccc3-4)cc2)cc1.c1ccc(N(c2ccc3c(c2)-c2ccccc2-c2ccccc2O3)c2ccc3c(c2)C2(c4ccccc4-c4ccccc4-c4ccccc42)c2ccccc2-3)cc1. The Kier molecular flexibility index (Phi) is 15.8. The number of anilines is 6. The van der Waals surface area contributed by atoms with Crippen molar-refractivity contribution in [3.8, 4) is 145 Å². The van der Waals surface area contributed by atoms with Gasteiger partial charge in [-0.15, -0.1) is 0 Å². The second-order valence-corrected chi connectivity index (χ2v) is 31.9. The molecule has 560 valence electrons. The van der Waals surface area contributed by atoms with E-state index in [4.69, 9.17) is 9.47 Å². The number of ether oxygens (including phenoxy) is 2. The first-order valence-electron chi connectivity index (χ1n) is 41.4. The van der Waals surface area contributed by atoms with Gasteiger partial charge in [-0.2, -0.15) is 0 Å². The molecule has 2 spiro atoms. The van der Waals surface area contributed by atoms with Crippen LogP contribution in [-0.2, 0) is 10.8 Å². The smallest absolute Gasteiger partial charge is 0.135 e. The van der Waals surface area contributed by atoms with Gasteiger partial charge >= 0.3 is 0 Å². The van der Waals surface area contributed by atoms with Gasteiger partial charge in [0.05, 0.1) is 10.8 Å². The average Bonchev–Trinajstić information content (AvgIpc) is 1.52. The van der Waals surface area contributed by atoms with Crippen molar-refractivity contribution in [3.05, 3.63) is 493 Å². The van der Waals surface area contributed by atoms with Crippen molar-refractivity contribution in [1.29, 1.82) is 0 Å². The number of para-hydroxylation sites is 3. The van der Waals surface area contributed by atoms with E-state index in [2.05, 4.69) is 447 Å². The minimum absolute atomic E-state index is 0.567. The minimum Gasteiger partial charge on any atom is -0.456 e. The molecule has 2 heterocycles. The molecule has 120 heavy (non-hydrogen) atoms. The predicted molar refractivity (Wildman–Crippen MR) is 493 cm³/mol. The zero-order valence-corrected chi connectivity index (χ0v) is 65.4. The van der Waals surface area contributed by atoms with Gasteiger partial charge in [0.15, 0.2) is 0 Å². The lowest BCUT2D eigenvalue weighted by molar-refractivity contribution is 0.487. The second kappa shape index (κ2) is 27.5. The zero-order chi connectivity index (χ0) is 79.0. The monoisotopic (exact) mass is 1530 g/mol. The Labute approximate surface area is 698 Å². The minimum atomic E-state index is -0.594. The van der Waals surface area contributed by atoms with Crippen LogP contribution in [0.2, 0.25) is 0 Å². The lowest BCUT2D eigenvalue weighted by Gasteiger charge is -2.36. The van der Waals surface area contributed by atoms with E-state index < -0.39 is 10.8 Å². The van der Waals surface area contributed by atoms with Crippen molar-refractivity contribution in [2.75, 3.05) is 9.80 Å². The van der Waals surface area contributed by atoms with Crippen LogP contribution in [0.5, 0.6) is 23.0 Å². The Morgan fingerprint density at radius 1 is 0.133 bits per heavy atom. The highest BCUT2D eigenvalue weighted by Gasteiger charge is 2.52. The van der Waals surface area contributed by atoms with E-state index >= 15 is 0 Å². The number of fused-ring (bicyclic) bond motifs is 34. The normalized spacial score (nSPS) is 13.1. The van der Waals surface area contributed by atoms with Gasteiger partial charge in [-0.3, -0.25) is 0 Å². The summed E-state index contributed by atoms with van der Waals surface area (Å²) in [6.07, 6.45) is 0. The largest absolute Gasteiger partial charge is 0.456 e. The fourth-order valence-electron chi connectivity index (χ4n) is 20.9. The summed E-state index contributed by atoms with van der Waals surface area (Å²) in [5, 5.41) is 0. The van der Waals surface area contributed by atoms with Gasteiger partial charge in [0.1, 0.15) is 23.0 Å². The first-order valence-corrected chi connectivity index (χ1v) is 41.4. The number of hydrogen-bond donors (Lipinski definition) is 0. The molecule has 0 unspecified atom stereocenters. The van der Waals surface area contributed by atoms with E-state index in [1.54, 1.807) is 0 Å². The molecule has 0 saturated carbocycles. The van der Waals surface area contributed by atoms with Gasteiger partial charge in [0.2, 0.25) is 0 Å². The number of benzene rings is 19. The molecule has 0 N–H and O–H groups in total. The molecular weight excluding hydrogens is 1450 g/mol. The van der Waals surface area contributed by atoms with Crippen LogP contribution < -0.4 is 19.3 Å².